The van der Waals surface area contributed by atoms with Gasteiger partial charge in [-0.05, 0) is 48.0 Å². The summed E-state index contributed by atoms with van der Waals surface area (Å²) in [6.07, 6.45) is 0. The number of aromatic amines is 1. The molecule has 2 aliphatic heterocycles. The Morgan fingerprint density at radius 3 is 1.92 bits per heavy atom. The molecule has 36 heavy (non-hydrogen) atoms. The van der Waals surface area contributed by atoms with Crippen LogP contribution in [0, 0.1) is 0 Å². The molecule has 0 amide bonds. The molecule has 6 aromatic rings. The summed E-state index contributed by atoms with van der Waals surface area (Å²) in [7, 11) is 0. The number of rotatable bonds is 0. The van der Waals surface area contributed by atoms with Gasteiger partial charge in [0, 0.05) is 41.5 Å². The van der Waals surface area contributed by atoms with Gasteiger partial charge < -0.3 is 4.98 Å². The molecule has 0 saturated carbocycles. The summed E-state index contributed by atoms with van der Waals surface area (Å²) in [5, 5.41) is 2.45. The predicted octanol–water partition coefficient (Wildman–Crippen LogP) is 7.47. The van der Waals surface area contributed by atoms with Crippen molar-refractivity contribution in [3.63, 3.8) is 0 Å². The fourth-order valence-electron chi connectivity index (χ4n) is 4.60. The number of H-pyrrole nitrogens is 1. The lowest BCUT2D eigenvalue weighted by Gasteiger charge is -2.18. The van der Waals surface area contributed by atoms with Crippen LogP contribution >= 0.6 is 35.1 Å². The Morgan fingerprint density at radius 1 is 0.611 bits per heavy atom. The third kappa shape index (κ3) is 3.51. The molecule has 0 bridgehead atoms. The molecule has 0 unspecified atom stereocenters. The Balaban J connectivity index is 0.000000122. The highest BCUT2D eigenvalue weighted by Gasteiger charge is 2.22. The van der Waals surface area contributed by atoms with Crippen LogP contribution in [0.1, 0.15) is 0 Å². The van der Waals surface area contributed by atoms with Crippen LogP contribution in [0.15, 0.2) is 109 Å². The molecule has 0 aliphatic carbocycles. The zero-order chi connectivity index (χ0) is 24.2. The fourth-order valence-corrected chi connectivity index (χ4v) is 7.00. The SMILES string of the molecule is Clc1nc2c3c(cccc3n1)Sc1ccccc1-2.O=c1nc2c3c(cccc3[nH]1)Sc1ccccc1-2. The molecule has 8 heteroatoms. The summed E-state index contributed by atoms with van der Waals surface area (Å²) < 4.78 is 0. The first-order chi connectivity index (χ1) is 17.7. The highest BCUT2D eigenvalue weighted by Crippen LogP contribution is 2.47. The molecule has 172 valence electrons. The lowest BCUT2D eigenvalue weighted by atomic mass is 10.1. The molecule has 0 radical (unpaired) electrons. The number of aromatic nitrogens is 4. The summed E-state index contributed by atoms with van der Waals surface area (Å²) in [4.78, 5) is 32.0. The normalized spacial score (nSPS) is 12.5. The third-order valence-electron chi connectivity index (χ3n) is 6.10. The van der Waals surface area contributed by atoms with Crippen molar-refractivity contribution in [3.8, 4) is 22.5 Å². The molecule has 8 rings (SSSR count). The standard InChI is InChI=1S/C14H7ClN2S.C14H8N2OS/c15-14-16-9-5-3-7-11-12(9)13(17-14)8-4-1-2-6-10(8)18-11;17-14-15-9-5-3-7-11-12(9)13(16-14)8-4-1-2-6-10(8)18-11/h1-7H;1-7H,(H,15,16,17). The quantitative estimate of drug-likeness (QED) is 0.208. The predicted molar refractivity (Wildman–Crippen MR) is 146 cm³/mol. The summed E-state index contributed by atoms with van der Waals surface area (Å²) in [6, 6.07) is 28.3. The number of benzene rings is 4. The van der Waals surface area contributed by atoms with Crippen LogP contribution in [-0.2, 0) is 0 Å². The van der Waals surface area contributed by atoms with Crippen LogP contribution in [0.25, 0.3) is 44.3 Å². The van der Waals surface area contributed by atoms with Crippen LogP contribution in [0.3, 0.4) is 0 Å². The van der Waals surface area contributed by atoms with E-state index in [0.717, 1.165) is 54.1 Å². The third-order valence-corrected chi connectivity index (χ3v) is 8.54. The first-order valence-corrected chi connectivity index (χ1v) is 13.2. The second-order valence-corrected chi connectivity index (χ2v) is 10.8. The van der Waals surface area contributed by atoms with Gasteiger partial charge in [-0.25, -0.2) is 14.8 Å². The molecule has 5 nitrogen and oxygen atoms in total. The highest BCUT2D eigenvalue weighted by molar-refractivity contribution is 8.00. The van der Waals surface area contributed by atoms with Crippen molar-refractivity contribution < 1.29 is 0 Å². The molecule has 0 saturated heterocycles. The summed E-state index contributed by atoms with van der Waals surface area (Å²) in [5.41, 5.74) is 5.37. The molecule has 0 atom stereocenters. The number of hydrogen-bond acceptors (Lipinski definition) is 6. The smallest absolute Gasteiger partial charge is 0.305 e. The van der Waals surface area contributed by atoms with Gasteiger partial charge in [0.25, 0.3) is 0 Å². The Kier molecular flexibility index (Phi) is 5.09. The average Bonchev–Trinajstić information content (AvgIpc) is 2.89. The fraction of sp³-hybridized carbons (Fsp3) is 0. The van der Waals surface area contributed by atoms with Crippen molar-refractivity contribution >= 4 is 56.9 Å². The lowest BCUT2D eigenvalue weighted by Crippen LogP contribution is -2.12. The number of hydrogen-bond donors (Lipinski definition) is 1. The largest absolute Gasteiger partial charge is 0.345 e. The molecule has 4 aromatic carbocycles. The average molecular weight is 523 g/mol. The van der Waals surface area contributed by atoms with Crippen molar-refractivity contribution in [2.24, 2.45) is 0 Å². The van der Waals surface area contributed by atoms with Gasteiger partial charge in [0.2, 0.25) is 5.28 Å². The summed E-state index contributed by atoms with van der Waals surface area (Å²) in [5.74, 6) is 0. The molecular weight excluding hydrogens is 508 g/mol. The van der Waals surface area contributed by atoms with Crippen molar-refractivity contribution in [1.82, 2.24) is 19.9 Å². The van der Waals surface area contributed by atoms with Gasteiger partial charge in [-0.15, -0.1) is 0 Å². The Labute approximate surface area is 219 Å². The first kappa shape index (κ1) is 21.6. The van der Waals surface area contributed by atoms with Gasteiger partial charge in [-0.1, -0.05) is 72.1 Å². The number of fused-ring (bicyclic) bond motifs is 4. The van der Waals surface area contributed by atoms with Crippen molar-refractivity contribution in [2.75, 3.05) is 0 Å². The number of halogens is 1. The monoisotopic (exact) mass is 522 g/mol. The summed E-state index contributed by atoms with van der Waals surface area (Å²) in [6.45, 7) is 0. The van der Waals surface area contributed by atoms with E-state index < -0.39 is 0 Å². The van der Waals surface area contributed by atoms with E-state index in [-0.39, 0.29) is 5.69 Å². The van der Waals surface area contributed by atoms with Crippen LogP contribution in [0.2, 0.25) is 5.28 Å². The first-order valence-electron chi connectivity index (χ1n) is 11.2. The van der Waals surface area contributed by atoms with E-state index in [0.29, 0.717) is 5.28 Å². The van der Waals surface area contributed by atoms with Gasteiger partial charge in [0.1, 0.15) is 0 Å². The van der Waals surface area contributed by atoms with Gasteiger partial charge in [0.05, 0.1) is 22.4 Å². The van der Waals surface area contributed by atoms with Crippen molar-refractivity contribution in [1.29, 1.82) is 0 Å². The van der Waals surface area contributed by atoms with Crippen LogP contribution in [0.4, 0.5) is 0 Å². The van der Waals surface area contributed by atoms with Crippen LogP contribution in [0.5, 0.6) is 0 Å². The van der Waals surface area contributed by atoms with Crippen LogP contribution < -0.4 is 5.69 Å². The van der Waals surface area contributed by atoms with E-state index in [9.17, 15) is 4.79 Å². The zero-order valence-corrected chi connectivity index (χ0v) is 20.9. The minimum absolute atomic E-state index is 0.295. The molecule has 4 heterocycles. The van der Waals surface area contributed by atoms with Gasteiger partial charge in [-0.3, -0.25) is 0 Å². The van der Waals surface area contributed by atoms with Crippen molar-refractivity contribution in [3.05, 3.63) is 101 Å². The van der Waals surface area contributed by atoms with Crippen LogP contribution in [-0.4, -0.2) is 19.9 Å². The van der Waals surface area contributed by atoms with E-state index >= 15 is 0 Å². The number of nitrogens with one attached hydrogen (secondary N) is 1. The zero-order valence-electron chi connectivity index (χ0n) is 18.5. The van der Waals surface area contributed by atoms with E-state index in [1.165, 1.54) is 9.79 Å². The Morgan fingerprint density at radius 2 is 1.19 bits per heavy atom. The maximum absolute atomic E-state index is 11.6. The molecule has 0 spiro atoms. The minimum atomic E-state index is -0.295. The Bertz CT molecular complexity index is 1900. The van der Waals surface area contributed by atoms with E-state index in [2.05, 4.69) is 50.3 Å². The number of nitrogens with zero attached hydrogens (tertiary/aromatic N) is 3. The summed E-state index contributed by atoms with van der Waals surface area (Å²) >= 11 is 9.49. The van der Waals surface area contributed by atoms with Crippen molar-refractivity contribution in [2.45, 2.75) is 19.6 Å². The molecule has 1 N–H and O–H groups in total. The minimum Gasteiger partial charge on any atom is -0.305 e. The van der Waals surface area contributed by atoms with Gasteiger partial charge in [0.15, 0.2) is 0 Å². The lowest BCUT2D eigenvalue weighted by molar-refractivity contribution is 1.11. The van der Waals surface area contributed by atoms with Gasteiger partial charge >= 0.3 is 5.69 Å². The van der Waals surface area contributed by atoms with E-state index in [1.54, 1.807) is 23.5 Å². The topological polar surface area (TPSA) is 71.5 Å². The molecule has 0 fully saturated rings. The van der Waals surface area contributed by atoms with Gasteiger partial charge in [-0.2, -0.15) is 4.98 Å². The maximum Gasteiger partial charge on any atom is 0.345 e. The second-order valence-electron chi connectivity index (χ2n) is 8.26. The maximum atomic E-state index is 11.6. The molecule has 2 aliphatic rings. The van der Waals surface area contributed by atoms with E-state index in [4.69, 9.17) is 11.6 Å². The molecule has 2 aromatic heterocycles. The Hall–Kier alpha value is -3.65. The molecular formula is C28H15ClN4OS2. The van der Waals surface area contributed by atoms with E-state index in [1.807, 2.05) is 54.6 Å². The highest BCUT2D eigenvalue weighted by atomic mass is 35.5. The second kappa shape index (κ2) is 8.48.